The molecule has 4 nitrogen and oxygen atoms in total. The van der Waals surface area contributed by atoms with Gasteiger partial charge in [-0.1, -0.05) is 17.7 Å². The molecule has 2 aromatic heterocycles. The van der Waals surface area contributed by atoms with Crippen LogP contribution in [0.5, 0.6) is 0 Å². The third kappa shape index (κ3) is 3.90. The number of rotatable bonds is 6. The largest absolute Gasteiger partial charge is 0.327 e. The monoisotopic (exact) mass is 401 g/mol. The molecule has 144 valence electrons. The van der Waals surface area contributed by atoms with Crippen LogP contribution in [0.15, 0.2) is 30.6 Å². The molecule has 0 saturated carbocycles. The number of carbonyl (C=O) groups excluding carboxylic acids is 1. The summed E-state index contributed by atoms with van der Waals surface area (Å²) in [4.78, 5) is 22.2. The topological polar surface area (TPSA) is 46.1 Å². The van der Waals surface area contributed by atoms with Crippen molar-refractivity contribution in [2.45, 2.75) is 44.7 Å². The van der Waals surface area contributed by atoms with Crippen LogP contribution in [0.1, 0.15) is 46.6 Å². The van der Waals surface area contributed by atoms with Crippen molar-refractivity contribution in [3.8, 4) is 0 Å². The van der Waals surface area contributed by atoms with Gasteiger partial charge in [0, 0.05) is 35.6 Å². The van der Waals surface area contributed by atoms with E-state index in [2.05, 4.69) is 9.97 Å². The highest BCUT2D eigenvalue weighted by atomic mass is 35.5. The number of fused-ring (bicyclic) bond motifs is 1. The Morgan fingerprint density at radius 2 is 2.00 bits per heavy atom. The molecule has 0 bridgehead atoms. The molecule has 0 spiro atoms. The van der Waals surface area contributed by atoms with Crippen molar-refractivity contribution < 1.29 is 22.4 Å². The Hall–Kier alpha value is -2.22. The van der Waals surface area contributed by atoms with E-state index in [1.54, 1.807) is 17.0 Å². The number of halogens is 5. The number of hydrogen-bond acceptors (Lipinski definition) is 3. The second kappa shape index (κ2) is 7.42. The van der Waals surface area contributed by atoms with Gasteiger partial charge in [-0.15, -0.1) is 0 Å². The van der Waals surface area contributed by atoms with Crippen LogP contribution in [0.4, 0.5) is 17.6 Å². The molecule has 9 heteroatoms. The zero-order valence-corrected chi connectivity index (χ0v) is 15.1. The lowest BCUT2D eigenvalue weighted by Gasteiger charge is -2.24. The first kappa shape index (κ1) is 19.5. The van der Waals surface area contributed by atoms with Crippen molar-refractivity contribution in [1.29, 1.82) is 0 Å². The standard InChI is InChI=1S/C18H16ClF4N3O/c1-10(26-9-14-13(16(26)27)5-7-24-15(14)19)11-2-3-12(25-8-11)4-6-18(22,23)17(20)21/h2-3,5,7-8,10,17H,4,6,9H2,1H3. The summed E-state index contributed by atoms with van der Waals surface area (Å²) in [7, 11) is 0. The summed E-state index contributed by atoms with van der Waals surface area (Å²) in [6.07, 6.45) is -1.99. The fraction of sp³-hybridized carbons (Fsp3) is 0.389. The normalized spacial score (nSPS) is 15.4. The van der Waals surface area contributed by atoms with Gasteiger partial charge in [0.1, 0.15) is 5.15 Å². The maximum absolute atomic E-state index is 13.0. The Labute approximate surface area is 158 Å². The van der Waals surface area contributed by atoms with Gasteiger partial charge in [0.15, 0.2) is 0 Å². The highest BCUT2D eigenvalue weighted by Crippen LogP contribution is 2.34. The number of aryl methyl sites for hydroxylation is 1. The van der Waals surface area contributed by atoms with Crippen molar-refractivity contribution in [2.24, 2.45) is 0 Å². The van der Waals surface area contributed by atoms with E-state index in [9.17, 15) is 22.4 Å². The number of carbonyl (C=O) groups is 1. The van der Waals surface area contributed by atoms with Crippen LogP contribution in [0.2, 0.25) is 5.15 Å². The predicted octanol–water partition coefficient (Wildman–Crippen LogP) is 4.68. The average Bonchev–Trinajstić information content (AvgIpc) is 2.98. The van der Waals surface area contributed by atoms with Gasteiger partial charge in [0.05, 0.1) is 12.6 Å². The van der Waals surface area contributed by atoms with E-state index in [1.165, 1.54) is 18.5 Å². The lowest BCUT2D eigenvalue weighted by molar-refractivity contribution is -0.132. The second-order valence-electron chi connectivity index (χ2n) is 6.38. The van der Waals surface area contributed by atoms with Gasteiger partial charge >= 0.3 is 12.3 Å². The first-order valence-corrected chi connectivity index (χ1v) is 8.63. The lowest BCUT2D eigenvalue weighted by Crippen LogP contribution is -2.27. The van der Waals surface area contributed by atoms with Gasteiger partial charge in [-0.3, -0.25) is 9.78 Å². The molecule has 0 radical (unpaired) electrons. The number of alkyl halides is 4. The van der Waals surface area contributed by atoms with Gasteiger partial charge in [0.25, 0.3) is 5.91 Å². The number of pyridine rings is 2. The molecule has 0 aliphatic carbocycles. The highest BCUT2D eigenvalue weighted by Gasteiger charge is 2.40. The van der Waals surface area contributed by atoms with Crippen LogP contribution in [-0.2, 0) is 13.0 Å². The van der Waals surface area contributed by atoms with E-state index in [0.29, 0.717) is 23.2 Å². The minimum atomic E-state index is -4.03. The van der Waals surface area contributed by atoms with Gasteiger partial charge in [-0.25, -0.2) is 22.5 Å². The molecule has 1 amide bonds. The summed E-state index contributed by atoms with van der Waals surface area (Å²) in [5.74, 6) is -4.21. The van der Waals surface area contributed by atoms with E-state index in [-0.39, 0.29) is 29.2 Å². The smallest absolute Gasteiger partial charge is 0.307 e. The lowest BCUT2D eigenvalue weighted by atomic mass is 10.1. The average molecular weight is 402 g/mol. The van der Waals surface area contributed by atoms with E-state index in [1.807, 2.05) is 6.92 Å². The third-order valence-electron chi connectivity index (χ3n) is 4.65. The first-order valence-electron chi connectivity index (χ1n) is 8.26. The summed E-state index contributed by atoms with van der Waals surface area (Å²) in [5.41, 5.74) is 2.15. The second-order valence-corrected chi connectivity index (χ2v) is 6.74. The van der Waals surface area contributed by atoms with Crippen molar-refractivity contribution in [3.63, 3.8) is 0 Å². The van der Waals surface area contributed by atoms with Crippen molar-refractivity contribution in [1.82, 2.24) is 14.9 Å². The predicted molar refractivity (Wildman–Crippen MR) is 91.0 cm³/mol. The zero-order valence-electron chi connectivity index (χ0n) is 14.3. The summed E-state index contributed by atoms with van der Waals surface area (Å²) < 4.78 is 50.5. The SMILES string of the molecule is CC(c1ccc(CCC(F)(F)C(F)F)nc1)N1Cc2c(ccnc2Cl)C1=O. The number of aromatic nitrogens is 2. The Morgan fingerprint density at radius 3 is 2.59 bits per heavy atom. The summed E-state index contributed by atoms with van der Waals surface area (Å²) in [5, 5.41) is 0.281. The van der Waals surface area contributed by atoms with Crippen LogP contribution >= 0.6 is 11.6 Å². The van der Waals surface area contributed by atoms with Gasteiger partial charge in [-0.2, -0.15) is 0 Å². The maximum Gasteiger partial charge on any atom is 0.307 e. The highest BCUT2D eigenvalue weighted by molar-refractivity contribution is 6.30. The molecule has 2 aromatic rings. The molecular weight excluding hydrogens is 386 g/mol. The summed E-state index contributed by atoms with van der Waals surface area (Å²) >= 11 is 6.05. The molecule has 1 atom stereocenters. The van der Waals surface area contributed by atoms with Crippen LogP contribution < -0.4 is 0 Å². The molecule has 0 aromatic carbocycles. The number of nitrogens with zero attached hydrogens (tertiary/aromatic N) is 3. The van der Waals surface area contributed by atoms with E-state index in [4.69, 9.17) is 11.6 Å². The van der Waals surface area contributed by atoms with Crippen molar-refractivity contribution in [3.05, 3.63) is 58.1 Å². The third-order valence-corrected chi connectivity index (χ3v) is 4.98. The van der Waals surface area contributed by atoms with Crippen LogP contribution in [0.25, 0.3) is 0 Å². The Kier molecular flexibility index (Phi) is 5.37. The molecule has 1 aliphatic heterocycles. The van der Waals surface area contributed by atoms with Gasteiger partial charge in [0.2, 0.25) is 0 Å². The number of amides is 1. The Bertz CT molecular complexity index is 845. The van der Waals surface area contributed by atoms with E-state index >= 15 is 0 Å². The quantitative estimate of drug-likeness (QED) is 0.521. The number of hydrogen-bond donors (Lipinski definition) is 0. The fourth-order valence-corrected chi connectivity index (χ4v) is 3.16. The van der Waals surface area contributed by atoms with Gasteiger partial charge < -0.3 is 4.90 Å². The molecule has 27 heavy (non-hydrogen) atoms. The summed E-state index contributed by atoms with van der Waals surface area (Å²) in [6.45, 7) is 2.12. The minimum Gasteiger partial charge on any atom is -0.327 e. The maximum atomic E-state index is 13.0. The van der Waals surface area contributed by atoms with Crippen LogP contribution in [0.3, 0.4) is 0 Å². The van der Waals surface area contributed by atoms with E-state index in [0.717, 1.165) is 0 Å². The van der Waals surface area contributed by atoms with Gasteiger partial charge in [-0.05, 0) is 31.0 Å². The van der Waals surface area contributed by atoms with Crippen LogP contribution in [-0.4, -0.2) is 33.1 Å². The molecule has 1 unspecified atom stereocenters. The van der Waals surface area contributed by atoms with E-state index < -0.39 is 18.8 Å². The molecule has 3 heterocycles. The molecule has 1 aliphatic rings. The molecular formula is C18H16ClF4N3O. The molecule has 0 fully saturated rings. The molecule has 0 saturated heterocycles. The van der Waals surface area contributed by atoms with Crippen LogP contribution in [0, 0.1) is 0 Å². The first-order chi connectivity index (χ1) is 12.7. The minimum absolute atomic E-state index is 0.178. The summed E-state index contributed by atoms with van der Waals surface area (Å²) in [6, 6.07) is 4.45. The Morgan fingerprint density at radius 1 is 1.26 bits per heavy atom. The molecule has 3 rings (SSSR count). The zero-order chi connectivity index (χ0) is 19.8. The molecule has 0 N–H and O–H groups in total. The van der Waals surface area contributed by atoms with Crippen molar-refractivity contribution >= 4 is 17.5 Å². The Balaban J connectivity index is 1.69. The van der Waals surface area contributed by atoms with Crippen molar-refractivity contribution in [2.75, 3.05) is 0 Å². The fourth-order valence-electron chi connectivity index (χ4n) is 2.94.